The van der Waals surface area contributed by atoms with Crippen molar-refractivity contribution >= 4 is 11.5 Å². The highest BCUT2D eigenvalue weighted by Crippen LogP contribution is 2.43. The van der Waals surface area contributed by atoms with Gasteiger partial charge in [-0.2, -0.15) is 0 Å². The Kier molecular flexibility index (Phi) is 5.81. The topological polar surface area (TPSA) is 49.8 Å². The summed E-state index contributed by atoms with van der Waals surface area (Å²) in [5, 5.41) is 10.9. The Hall–Kier alpha value is -3.53. The maximum Gasteiger partial charge on any atom is 0.290 e. The lowest BCUT2D eigenvalue weighted by molar-refractivity contribution is -0.130. The van der Waals surface area contributed by atoms with Gasteiger partial charge in [-0.15, -0.1) is 0 Å². The molecule has 1 N–H and O–H groups in total. The first-order chi connectivity index (χ1) is 15.0. The van der Waals surface area contributed by atoms with Crippen LogP contribution in [-0.2, 0) is 17.8 Å². The van der Waals surface area contributed by atoms with Gasteiger partial charge in [0, 0.05) is 12.1 Å². The number of aliphatic hydroxyl groups excluding tert-OH is 1. The summed E-state index contributed by atoms with van der Waals surface area (Å²) in [6.45, 7) is 4.53. The van der Waals surface area contributed by atoms with Gasteiger partial charge in [-0.05, 0) is 47.7 Å². The minimum atomic E-state index is -0.358. The van der Waals surface area contributed by atoms with Crippen LogP contribution in [-0.4, -0.2) is 23.0 Å². The normalized spacial score (nSPS) is 16.2. The summed E-state index contributed by atoms with van der Waals surface area (Å²) in [5.41, 5.74) is 5.84. The Labute approximate surface area is 183 Å². The van der Waals surface area contributed by atoms with Crippen LogP contribution in [0.5, 0.6) is 5.75 Å². The fraction of sp³-hybridized carbons (Fsp3) is 0.222. The van der Waals surface area contributed by atoms with E-state index in [4.69, 9.17) is 4.74 Å². The number of aryl methyl sites for hydroxylation is 2. The van der Waals surface area contributed by atoms with Crippen molar-refractivity contribution in [2.45, 2.75) is 32.9 Å². The molecule has 0 aliphatic carbocycles. The van der Waals surface area contributed by atoms with E-state index in [1.54, 1.807) is 12.0 Å². The Balaban J connectivity index is 1.77. The van der Waals surface area contributed by atoms with Crippen molar-refractivity contribution in [3.63, 3.8) is 0 Å². The second kappa shape index (κ2) is 8.68. The summed E-state index contributed by atoms with van der Waals surface area (Å²) in [4.78, 5) is 14.9. The van der Waals surface area contributed by atoms with Gasteiger partial charge in [0.25, 0.3) is 5.91 Å². The second-order valence-corrected chi connectivity index (χ2v) is 7.91. The van der Waals surface area contributed by atoms with Gasteiger partial charge in [0.05, 0.1) is 13.2 Å². The molecule has 0 bridgehead atoms. The molecule has 1 amide bonds. The van der Waals surface area contributed by atoms with Crippen LogP contribution in [0.25, 0.3) is 5.57 Å². The number of carbonyl (C=O) groups is 1. The molecule has 3 aromatic rings. The largest absolute Gasteiger partial charge is 0.503 e. The lowest BCUT2D eigenvalue weighted by atomic mass is 9.92. The molecule has 4 heteroatoms. The monoisotopic (exact) mass is 413 g/mol. The van der Waals surface area contributed by atoms with Crippen molar-refractivity contribution < 1.29 is 14.6 Å². The average Bonchev–Trinajstić information content (AvgIpc) is 3.05. The minimum absolute atomic E-state index is 0.179. The summed E-state index contributed by atoms with van der Waals surface area (Å²) in [5.74, 6) is 0.238. The first-order valence-electron chi connectivity index (χ1n) is 10.5. The standard InChI is InChI=1S/C27H27NO3/c1-4-19-7-13-22(14-8-19)25-24(21-11-5-18(2)6-12-21)26(29)27(30)28(25)17-20-9-15-23(31-3)16-10-20/h5-16,25,29H,4,17H2,1-3H3/t25-/m0/s1. The zero-order chi connectivity index (χ0) is 22.0. The van der Waals surface area contributed by atoms with E-state index < -0.39 is 0 Å². The van der Waals surface area contributed by atoms with Gasteiger partial charge in [-0.1, -0.05) is 73.2 Å². The lowest BCUT2D eigenvalue weighted by Crippen LogP contribution is -2.29. The molecule has 3 aromatic carbocycles. The molecule has 158 valence electrons. The van der Waals surface area contributed by atoms with E-state index in [9.17, 15) is 9.90 Å². The molecule has 4 rings (SSSR count). The quantitative estimate of drug-likeness (QED) is 0.571. The van der Waals surface area contributed by atoms with E-state index in [1.807, 2.05) is 55.5 Å². The number of aliphatic hydroxyl groups is 1. The summed E-state index contributed by atoms with van der Waals surface area (Å²) in [6, 6.07) is 23.6. The summed E-state index contributed by atoms with van der Waals surface area (Å²) >= 11 is 0. The SMILES string of the molecule is CCc1ccc([C@H]2C(c3ccc(C)cc3)=C(O)C(=O)N2Cc2ccc(OC)cc2)cc1. The molecule has 0 aromatic heterocycles. The van der Waals surface area contributed by atoms with Crippen LogP contribution in [0.1, 0.15) is 40.8 Å². The molecule has 1 heterocycles. The molecular weight excluding hydrogens is 386 g/mol. The van der Waals surface area contributed by atoms with Gasteiger partial charge in [0.2, 0.25) is 0 Å². The van der Waals surface area contributed by atoms with Crippen LogP contribution in [0.3, 0.4) is 0 Å². The number of nitrogens with zero attached hydrogens (tertiary/aromatic N) is 1. The molecule has 0 saturated heterocycles. The fourth-order valence-electron chi connectivity index (χ4n) is 4.05. The molecule has 1 aliphatic heterocycles. The van der Waals surface area contributed by atoms with E-state index >= 15 is 0 Å². The number of hydrogen-bond donors (Lipinski definition) is 1. The number of rotatable bonds is 6. The molecule has 0 unspecified atom stereocenters. The fourth-order valence-corrected chi connectivity index (χ4v) is 4.05. The summed E-state index contributed by atoms with van der Waals surface area (Å²) in [7, 11) is 1.63. The van der Waals surface area contributed by atoms with Crippen molar-refractivity contribution in [3.8, 4) is 5.75 Å². The third-order valence-electron chi connectivity index (χ3n) is 5.88. The average molecular weight is 414 g/mol. The maximum absolute atomic E-state index is 13.2. The number of benzene rings is 3. The van der Waals surface area contributed by atoms with E-state index in [1.165, 1.54) is 5.56 Å². The third-order valence-corrected chi connectivity index (χ3v) is 5.88. The molecular formula is C27H27NO3. The molecule has 0 spiro atoms. The van der Waals surface area contributed by atoms with E-state index in [0.29, 0.717) is 12.1 Å². The van der Waals surface area contributed by atoms with Crippen LogP contribution in [0, 0.1) is 6.92 Å². The van der Waals surface area contributed by atoms with E-state index in [0.717, 1.165) is 34.4 Å². The van der Waals surface area contributed by atoms with Gasteiger partial charge in [0.15, 0.2) is 5.76 Å². The number of hydrogen-bond acceptors (Lipinski definition) is 3. The molecule has 0 fully saturated rings. The van der Waals surface area contributed by atoms with Gasteiger partial charge in [-0.25, -0.2) is 0 Å². The molecule has 0 saturated carbocycles. The van der Waals surface area contributed by atoms with Crippen molar-refractivity contribution in [3.05, 3.63) is 106 Å². The first-order valence-corrected chi connectivity index (χ1v) is 10.5. The van der Waals surface area contributed by atoms with Crippen LogP contribution >= 0.6 is 0 Å². The van der Waals surface area contributed by atoms with E-state index in [-0.39, 0.29) is 17.7 Å². The smallest absolute Gasteiger partial charge is 0.290 e. The zero-order valence-electron chi connectivity index (χ0n) is 18.1. The Morgan fingerprint density at radius 3 is 2.10 bits per heavy atom. The van der Waals surface area contributed by atoms with Gasteiger partial charge in [-0.3, -0.25) is 4.79 Å². The number of methoxy groups -OCH3 is 1. The van der Waals surface area contributed by atoms with Gasteiger partial charge < -0.3 is 14.7 Å². The lowest BCUT2D eigenvalue weighted by Gasteiger charge is -2.28. The van der Waals surface area contributed by atoms with Crippen LogP contribution in [0.15, 0.2) is 78.6 Å². The molecule has 0 radical (unpaired) electrons. The molecule has 1 aliphatic rings. The van der Waals surface area contributed by atoms with Crippen LogP contribution < -0.4 is 4.74 Å². The number of ether oxygens (including phenoxy) is 1. The Morgan fingerprint density at radius 2 is 1.52 bits per heavy atom. The third kappa shape index (κ3) is 4.06. The molecule has 31 heavy (non-hydrogen) atoms. The Morgan fingerprint density at radius 1 is 0.903 bits per heavy atom. The maximum atomic E-state index is 13.2. The molecule has 4 nitrogen and oxygen atoms in total. The number of amides is 1. The highest BCUT2D eigenvalue weighted by molar-refractivity contribution is 6.05. The minimum Gasteiger partial charge on any atom is -0.503 e. The van der Waals surface area contributed by atoms with E-state index in [2.05, 4.69) is 31.2 Å². The zero-order valence-corrected chi connectivity index (χ0v) is 18.1. The predicted molar refractivity (Wildman–Crippen MR) is 123 cm³/mol. The number of carbonyl (C=O) groups excluding carboxylic acids is 1. The summed E-state index contributed by atoms with van der Waals surface area (Å²) < 4.78 is 5.25. The highest BCUT2D eigenvalue weighted by Gasteiger charge is 2.40. The summed E-state index contributed by atoms with van der Waals surface area (Å²) in [6.07, 6.45) is 0.950. The van der Waals surface area contributed by atoms with Crippen molar-refractivity contribution in [2.75, 3.05) is 7.11 Å². The van der Waals surface area contributed by atoms with Crippen molar-refractivity contribution in [1.29, 1.82) is 0 Å². The van der Waals surface area contributed by atoms with Crippen molar-refractivity contribution in [1.82, 2.24) is 4.90 Å². The molecule has 1 atom stereocenters. The van der Waals surface area contributed by atoms with Gasteiger partial charge >= 0.3 is 0 Å². The van der Waals surface area contributed by atoms with Gasteiger partial charge in [0.1, 0.15) is 5.75 Å². The second-order valence-electron chi connectivity index (χ2n) is 7.91. The predicted octanol–water partition coefficient (Wildman–Crippen LogP) is 5.62. The van der Waals surface area contributed by atoms with Crippen LogP contribution in [0.4, 0.5) is 0 Å². The first kappa shape index (κ1) is 20.7. The Bertz CT molecular complexity index is 1100. The van der Waals surface area contributed by atoms with Crippen molar-refractivity contribution in [2.24, 2.45) is 0 Å². The highest BCUT2D eigenvalue weighted by atomic mass is 16.5. The van der Waals surface area contributed by atoms with Crippen LogP contribution in [0.2, 0.25) is 0 Å².